The molecule has 0 radical (unpaired) electrons. The summed E-state index contributed by atoms with van der Waals surface area (Å²) in [5, 5.41) is 9.44. The SMILES string of the molecule is CC(C)(C(=O)O)C(C)(C)N1C(=O)CC2(CCCC2)CC1=O. The van der Waals surface area contributed by atoms with Gasteiger partial charge in [-0.05, 0) is 46.0 Å². The van der Waals surface area contributed by atoms with Crippen LogP contribution < -0.4 is 0 Å². The van der Waals surface area contributed by atoms with Gasteiger partial charge in [0.05, 0.1) is 11.0 Å². The highest BCUT2D eigenvalue weighted by Crippen LogP contribution is 2.49. The topological polar surface area (TPSA) is 74.7 Å². The Bertz CT molecular complexity index is 467. The molecule has 5 heteroatoms. The quantitative estimate of drug-likeness (QED) is 0.812. The first-order valence-corrected chi connectivity index (χ1v) is 7.63. The molecule has 2 rings (SSSR count). The van der Waals surface area contributed by atoms with Crippen LogP contribution in [-0.4, -0.2) is 33.3 Å². The van der Waals surface area contributed by atoms with Crippen molar-refractivity contribution >= 4 is 17.8 Å². The lowest BCUT2D eigenvalue weighted by atomic mass is 9.69. The van der Waals surface area contributed by atoms with Gasteiger partial charge in [0.2, 0.25) is 11.8 Å². The third kappa shape index (κ3) is 2.36. The van der Waals surface area contributed by atoms with Crippen molar-refractivity contribution in [2.45, 2.75) is 71.8 Å². The Kier molecular flexibility index (Phi) is 3.67. The van der Waals surface area contributed by atoms with E-state index in [0.29, 0.717) is 12.8 Å². The van der Waals surface area contributed by atoms with E-state index in [1.807, 2.05) is 0 Å². The maximum atomic E-state index is 12.6. The predicted octanol–water partition coefficient (Wildman–Crippen LogP) is 2.59. The Balaban J connectivity index is 2.31. The van der Waals surface area contributed by atoms with E-state index in [-0.39, 0.29) is 17.2 Å². The van der Waals surface area contributed by atoms with Crippen molar-refractivity contribution in [2.75, 3.05) is 0 Å². The summed E-state index contributed by atoms with van der Waals surface area (Å²) in [5.41, 5.74) is -2.40. The summed E-state index contributed by atoms with van der Waals surface area (Å²) >= 11 is 0. The number of imide groups is 1. The molecular weight excluding hydrogens is 270 g/mol. The first-order chi connectivity index (χ1) is 9.53. The number of amides is 2. The Morgan fingerprint density at radius 1 is 1.05 bits per heavy atom. The first kappa shape index (κ1) is 16.0. The molecule has 1 saturated heterocycles. The van der Waals surface area contributed by atoms with Crippen LogP contribution in [0.2, 0.25) is 0 Å². The van der Waals surface area contributed by atoms with Gasteiger partial charge in [-0.1, -0.05) is 12.8 Å². The zero-order valence-electron chi connectivity index (χ0n) is 13.4. The molecule has 2 amide bonds. The normalized spacial score (nSPS) is 23.0. The van der Waals surface area contributed by atoms with Crippen LogP contribution in [0.4, 0.5) is 0 Å². The molecule has 0 unspecified atom stereocenters. The lowest BCUT2D eigenvalue weighted by Gasteiger charge is -2.49. The van der Waals surface area contributed by atoms with Gasteiger partial charge in [-0.3, -0.25) is 19.3 Å². The Hall–Kier alpha value is -1.39. The minimum Gasteiger partial charge on any atom is -0.481 e. The zero-order valence-corrected chi connectivity index (χ0v) is 13.4. The van der Waals surface area contributed by atoms with Gasteiger partial charge in [-0.15, -0.1) is 0 Å². The smallest absolute Gasteiger partial charge is 0.311 e. The van der Waals surface area contributed by atoms with Crippen LogP contribution in [0, 0.1) is 10.8 Å². The minimum absolute atomic E-state index is 0.159. The molecule has 1 heterocycles. The van der Waals surface area contributed by atoms with Crippen LogP contribution >= 0.6 is 0 Å². The summed E-state index contributed by atoms with van der Waals surface area (Å²) in [7, 11) is 0. The van der Waals surface area contributed by atoms with E-state index in [4.69, 9.17) is 0 Å². The van der Waals surface area contributed by atoms with Gasteiger partial charge in [0, 0.05) is 12.8 Å². The standard InChI is InChI=1S/C16H25NO4/c1-14(2,13(20)21)15(3,4)17-11(18)9-16(10-12(17)19)7-5-6-8-16/h5-10H2,1-4H3,(H,20,21). The molecule has 0 aromatic rings. The number of hydrogen-bond acceptors (Lipinski definition) is 3. The third-order valence-electron chi connectivity index (χ3n) is 5.84. The molecule has 1 spiro atoms. The lowest BCUT2D eigenvalue weighted by molar-refractivity contribution is -0.171. The molecule has 2 fully saturated rings. The maximum absolute atomic E-state index is 12.6. The number of carbonyl (C=O) groups excluding carboxylic acids is 2. The molecular formula is C16H25NO4. The maximum Gasteiger partial charge on any atom is 0.311 e. The van der Waals surface area contributed by atoms with Crippen LogP contribution in [0.25, 0.3) is 0 Å². The lowest BCUT2D eigenvalue weighted by Crippen LogP contribution is -2.63. The Labute approximate surface area is 125 Å². The van der Waals surface area contributed by atoms with Crippen molar-refractivity contribution < 1.29 is 19.5 Å². The van der Waals surface area contributed by atoms with E-state index >= 15 is 0 Å². The number of hydrogen-bond donors (Lipinski definition) is 1. The number of nitrogens with zero attached hydrogens (tertiary/aromatic N) is 1. The van der Waals surface area contributed by atoms with Gasteiger partial charge in [-0.25, -0.2) is 0 Å². The van der Waals surface area contributed by atoms with Crippen molar-refractivity contribution in [3.63, 3.8) is 0 Å². The molecule has 118 valence electrons. The van der Waals surface area contributed by atoms with Crippen LogP contribution in [0.3, 0.4) is 0 Å². The molecule has 2 aliphatic rings. The van der Waals surface area contributed by atoms with Gasteiger partial charge < -0.3 is 5.11 Å². The second-order valence-corrected chi connectivity index (χ2v) is 7.67. The second-order valence-electron chi connectivity index (χ2n) is 7.67. The number of likely N-dealkylation sites (tertiary alicyclic amines) is 1. The van der Waals surface area contributed by atoms with Crippen LogP contribution in [0.1, 0.15) is 66.2 Å². The molecule has 0 atom stereocenters. The number of carbonyl (C=O) groups is 3. The third-order valence-corrected chi connectivity index (χ3v) is 5.84. The summed E-state index contributed by atoms with van der Waals surface area (Å²) in [6.45, 7) is 6.47. The fraction of sp³-hybridized carbons (Fsp3) is 0.812. The second kappa shape index (κ2) is 4.82. The van der Waals surface area contributed by atoms with Crippen molar-refractivity contribution in [3.05, 3.63) is 0 Å². The van der Waals surface area contributed by atoms with E-state index in [1.54, 1.807) is 27.7 Å². The molecule has 1 aliphatic heterocycles. The number of piperidine rings is 1. The Morgan fingerprint density at radius 2 is 1.48 bits per heavy atom. The average molecular weight is 295 g/mol. The molecule has 0 aromatic heterocycles. The highest BCUT2D eigenvalue weighted by molar-refractivity contribution is 6.00. The summed E-state index contributed by atoms with van der Waals surface area (Å²) in [6, 6.07) is 0. The van der Waals surface area contributed by atoms with Crippen molar-refractivity contribution in [1.82, 2.24) is 4.90 Å². The average Bonchev–Trinajstić information content (AvgIpc) is 2.74. The van der Waals surface area contributed by atoms with Gasteiger partial charge >= 0.3 is 5.97 Å². The van der Waals surface area contributed by atoms with Crippen molar-refractivity contribution in [2.24, 2.45) is 10.8 Å². The summed E-state index contributed by atoms with van der Waals surface area (Å²) < 4.78 is 0. The van der Waals surface area contributed by atoms with E-state index < -0.39 is 16.9 Å². The molecule has 1 N–H and O–H groups in total. The molecule has 5 nitrogen and oxygen atoms in total. The van der Waals surface area contributed by atoms with E-state index in [1.165, 1.54) is 4.90 Å². The van der Waals surface area contributed by atoms with Crippen molar-refractivity contribution in [3.8, 4) is 0 Å². The summed E-state index contributed by atoms with van der Waals surface area (Å²) in [4.78, 5) is 37.9. The molecule has 1 saturated carbocycles. The molecule has 1 aliphatic carbocycles. The van der Waals surface area contributed by atoms with Crippen LogP contribution in [-0.2, 0) is 14.4 Å². The Morgan fingerprint density at radius 3 is 1.86 bits per heavy atom. The number of rotatable bonds is 3. The highest BCUT2D eigenvalue weighted by atomic mass is 16.4. The van der Waals surface area contributed by atoms with E-state index in [2.05, 4.69) is 0 Å². The first-order valence-electron chi connectivity index (χ1n) is 7.63. The van der Waals surface area contributed by atoms with Gasteiger partial charge in [0.1, 0.15) is 0 Å². The fourth-order valence-electron chi connectivity index (χ4n) is 3.64. The monoisotopic (exact) mass is 295 g/mol. The number of aliphatic carboxylic acids is 1. The fourth-order valence-corrected chi connectivity index (χ4v) is 3.64. The van der Waals surface area contributed by atoms with Gasteiger partial charge in [0.25, 0.3) is 0 Å². The van der Waals surface area contributed by atoms with E-state index in [0.717, 1.165) is 25.7 Å². The summed E-state index contributed by atoms with van der Waals surface area (Å²) in [5.74, 6) is -1.44. The number of carboxylic acids is 1. The van der Waals surface area contributed by atoms with Crippen LogP contribution in [0.15, 0.2) is 0 Å². The summed E-state index contributed by atoms with van der Waals surface area (Å²) in [6.07, 6.45) is 4.76. The highest BCUT2D eigenvalue weighted by Gasteiger charge is 2.55. The van der Waals surface area contributed by atoms with Gasteiger partial charge in [0.15, 0.2) is 0 Å². The molecule has 0 bridgehead atoms. The van der Waals surface area contributed by atoms with Gasteiger partial charge in [-0.2, -0.15) is 0 Å². The predicted molar refractivity (Wildman–Crippen MR) is 77.5 cm³/mol. The zero-order chi connectivity index (χ0) is 16.1. The largest absolute Gasteiger partial charge is 0.481 e. The molecule has 0 aromatic carbocycles. The number of carboxylic acid groups (broad SMARTS) is 1. The van der Waals surface area contributed by atoms with Crippen molar-refractivity contribution in [1.29, 1.82) is 0 Å². The van der Waals surface area contributed by atoms with Crippen LogP contribution in [0.5, 0.6) is 0 Å². The van der Waals surface area contributed by atoms with E-state index in [9.17, 15) is 19.5 Å². The minimum atomic E-state index is -1.20. The molecule has 21 heavy (non-hydrogen) atoms.